The molecule has 0 spiro atoms. The average molecular weight is 368 g/mol. The molecule has 8 atom stereocenters. The Labute approximate surface area is 151 Å². The van der Waals surface area contributed by atoms with Crippen molar-refractivity contribution in [2.45, 2.75) is 89.3 Å². The molecule has 5 rings (SSSR count). The zero-order valence-electron chi connectivity index (χ0n) is 15.2. The summed E-state index contributed by atoms with van der Waals surface area (Å²) in [7, 11) is -3.90. The van der Waals surface area contributed by atoms with Gasteiger partial charge >= 0.3 is 7.82 Å². The van der Waals surface area contributed by atoms with Crippen molar-refractivity contribution in [3.05, 3.63) is 0 Å². The summed E-state index contributed by atoms with van der Waals surface area (Å²) in [6.45, 7) is 0. The maximum absolute atomic E-state index is 12.6. The zero-order chi connectivity index (χ0) is 17.0. The molecule has 142 valence electrons. The Bertz CT molecular complexity index is 508. The number of hydrogen-bond acceptors (Lipinski definition) is 3. The van der Waals surface area contributed by atoms with Crippen molar-refractivity contribution in [2.24, 2.45) is 35.5 Å². The molecule has 1 N–H and O–H groups in total. The molecule has 4 nitrogen and oxygen atoms in total. The van der Waals surface area contributed by atoms with E-state index in [0.29, 0.717) is 23.7 Å². The summed E-state index contributed by atoms with van der Waals surface area (Å²) in [5.41, 5.74) is 0. The van der Waals surface area contributed by atoms with Crippen molar-refractivity contribution >= 4 is 7.82 Å². The Morgan fingerprint density at radius 2 is 1.08 bits per heavy atom. The minimum absolute atomic E-state index is 0.0501. The Morgan fingerprint density at radius 1 is 0.640 bits per heavy atom. The molecule has 0 radical (unpaired) electrons. The smallest absolute Gasteiger partial charge is 0.302 e. The largest absolute Gasteiger partial charge is 0.472 e. The lowest BCUT2D eigenvalue weighted by molar-refractivity contribution is -0.0856. The second-order valence-electron chi connectivity index (χ2n) is 9.48. The maximum atomic E-state index is 12.6. The fourth-order valence-electron chi connectivity index (χ4n) is 7.58. The third-order valence-corrected chi connectivity index (χ3v) is 9.48. The van der Waals surface area contributed by atoms with Crippen molar-refractivity contribution in [1.82, 2.24) is 0 Å². The van der Waals surface area contributed by atoms with Gasteiger partial charge in [-0.2, -0.15) is 0 Å². The van der Waals surface area contributed by atoms with Crippen molar-refractivity contribution in [3.8, 4) is 0 Å². The zero-order valence-corrected chi connectivity index (χ0v) is 16.1. The molecule has 5 aliphatic rings. The molecule has 0 amide bonds. The monoisotopic (exact) mass is 368 g/mol. The van der Waals surface area contributed by atoms with Gasteiger partial charge in [0, 0.05) is 0 Å². The summed E-state index contributed by atoms with van der Waals surface area (Å²) in [4.78, 5) is 10.3. The molecule has 0 aromatic carbocycles. The van der Waals surface area contributed by atoms with Crippen molar-refractivity contribution in [3.63, 3.8) is 0 Å². The van der Waals surface area contributed by atoms with Gasteiger partial charge < -0.3 is 4.89 Å². The first-order valence-electron chi connectivity index (χ1n) is 10.8. The van der Waals surface area contributed by atoms with Gasteiger partial charge in [0.1, 0.15) is 0 Å². The molecule has 1 saturated heterocycles. The number of hydrogen-bond donors (Lipinski definition) is 1. The van der Waals surface area contributed by atoms with Gasteiger partial charge in [0.25, 0.3) is 0 Å². The van der Waals surface area contributed by atoms with Gasteiger partial charge in [0.05, 0.1) is 12.2 Å². The summed E-state index contributed by atoms with van der Waals surface area (Å²) in [6, 6.07) is 0. The predicted octanol–water partition coefficient (Wildman–Crippen LogP) is 5.30. The van der Waals surface area contributed by atoms with Crippen LogP contribution in [0.4, 0.5) is 0 Å². The van der Waals surface area contributed by atoms with Crippen LogP contribution in [-0.2, 0) is 13.6 Å². The number of fused-ring (bicyclic) bond motifs is 7. The van der Waals surface area contributed by atoms with E-state index < -0.39 is 7.82 Å². The molecule has 4 aliphatic carbocycles. The highest BCUT2D eigenvalue weighted by atomic mass is 31.2. The lowest BCUT2D eigenvalue weighted by Crippen LogP contribution is -2.51. The van der Waals surface area contributed by atoms with E-state index in [1.807, 2.05) is 0 Å². The van der Waals surface area contributed by atoms with Gasteiger partial charge in [-0.05, 0) is 74.0 Å². The van der Waals surface area contributed by atoms with Crippen LogP contribution in [0.2, 0.25) is 0 Å². The topological polar surface area (TPSA) is 55.8 Å². The molecule has 0 bridgehead atoms. The van der Waals surface area contributed by atoms with Gasteiger partial charge in [-0.1, -0.05) is 38.5 Å². The second-order valence-corrected chi connectivity index (χ2v) is 10.8. The summed E-state index contributed by atoms with van der Waals surface area (Å²) in [6.07, 6.45) is 14.9. The molecular weight excluding hydrogens is 335 g/mol. The highest BCUT2D eigenvalue weighted by molar-refractivity contribution is 7.47. The summed E-state index contributed by atoms with van der Waals surface area (Å²) in [5, 5.41) is 0. The van der Waals surface area contributed by atoms with E-state index >= 15 is 0 Å². The number of phosphoric ester groups is 1. The first-order chi connectivity index (χ1) is 12.1. The first-order valence-corrected chi connectivity index (χ1v) is 12.3. The molecule has 1 heterocycles. The number of phosphoric acid groups is 1. The molecule has 25 heavy (non-hydrogen) atoms. The molecule has 0 aromatic rings. The normalized spacial score (nSPS) is 55.9. The van der Waals surface area contributed by atoms with Crippen molar-refractivity contribution < 1.29 is 18.5 Å². The van der Waals surface area contributed by atoms with Gasteiger partial charge in [0.15, 0.2) is 0 Å². The summed E-state index contributed by atoms with van der Waals surface area (Å²) in [5.74, 6) is 3.94. The van der Waals surface area contributed by atoms with Crippen LogP contribution >= 0.6 is 7.82 Å². The first kappa shape index (κ1) is 17.2. The van der Waals surface area contributed by atoms with Gasteiger partial charge in [0.2, 0.25) is 0 Å². The van der Waals surface area contributed by atoms with E-state index in [2.05, 4.69) is 0 Å². The third kappa shape index (κ3) is 3.06. The van der Waals surface area contributed by atoms with Crippen LogP contribution in [-0.4, -0.2) is 17.1 Å². The second kappa shape index (κ2) is 6.62. The van der Waals surface area contributed by atoms with E-state index in [1.54, 1.807) is 0 Å². The Hall–Kier alpha value is 0.110. The van der Waals surface area contributed by atoms with E-state index in [-0.39, 0.29) is 12.2 Å². The average Bonchev–Trinajstić information content (AvgIpc) is 2.73. The van der Waals surface area contributed by atoms with Crippen LogP contribution in [0.15, 0.2) is 0 Å². The van der Waals surface area contributed by atoms with Gasteiger partial charge in [-0.25, -0.2) is 4.57 Å². The minimum Gasteiger partial charge on any atom is -0.302 e. The van der Waals surface area contributed by atoms with E-state index in [9.17, 15) is 9.46 Å². The van der Waals surface area contributed by atoms with Crippen LogP contribution in [0.1, 0.15) is 77.0 Å². The maximum Gasteiger partial charge on any atom is 0.472 e. The minimum atomic E-state index is -3.90. The van der Waals surface area contributed by atoms with Crippen LogP contribution in [0.5, 0.6) is 0 Å². The Kier molecular flexibility index (Phi) is 4.56. The SMILES string of the molecule is O=P1(O)OC2CCC3CCCCC3C2C2C(CCC3CCCCC32)O1. The Morgan fingerprint density at radius 3 is 1.56 bits per heavy atom. The van der Waals surface area contributed by atoms with Gasteiger partial charge in [-0.15, -0.1) is 0 Å². The van der Waals surface area contributed by atoms with Crippen LogP contribution in [0.3, 0.4) is 0 Å². The molecule has 5 heteroatoms. The molecule has 0 aromatic heterocycles. The summed E-state index contributed by atoms with van der Waals surface area (Å²) < 4.78 is 24.2. The van der Waals surface area contributed by atoms with Gasteiger partial charge in [-0.3, -0.25) is 9.05 Å². The van der Waals surface area contributed by atoms with Crippen LogP contribution < -0.4 is 0 Å². The highest BCUT2D eigenvalue weighted by Gasteiger charge is 2.56. The lowest BCUT2D eigenvalue weighted by Gasteiger charge is -2.53. The molecular formula is C20H33O4P. The lowest BCUT2D eigenvalue weighted by atomic mass is 9.53. The summed E-state index contributed by atoms with van der Waals surface area (Å²) >= 11 is 0. The Balaban J connectivity index is 1.53. The van der Waals surface area contributed by atoms with E-state index in [4.69, 9.17) is 9.05 Å². The predicted molar refractivity (Wildman–Crippen MR) is 95.9 cm³/mol. The van der Waals surface area contributed by atoms with Crippen LogP contribution in [0, 0.1) is 35.5 Å². The fourth-order valence-corrected chi connectivity index (χ4v) is 8.80. The molecule has 5 fully saturated rings. The molecule has 1 aliphatic heterocycles. The van der Waals surface area contributed by atoms with E-state index in [0.717, 1.165) is 24.7 Å². The van der Waals surface area contributed by atoms with E-state index in [1.165, 1.54) is 64.2 Å². The quantitative estimate of drug-likeness (QED) is 0.589. The highest BCUT2D eigenvalue weighted by Crippen LogP contribution is 2.63. The van der Waals surface area contributed by atoms with Crippen molar-refractivity contribution in [1.29, 1.82) is 0 Å². The van der Waals surface area contributed by atoms with Crippen molar-refractivity contribution in [2.75, 3.05) is 0 Å². The standard InChI is InChI=1S/C20H33O4P/c21-25(22)23-17-11-9-13-5-1-3-7-15(13)19(17)20-16-8-4-2-6-14(16)10-12-18(20)24-25/h13-20H,1-12H2,(H,21,22). The molecule has 8 unspecified atom stereocenters. The third-order valence-electron chi connectivity index (χ3n) is 8.41. The molecule has 4 saturated carbocycles. The van der Waals surface area contributed by atoms with Crippen LogP contribution in [0.25, 0.3) is 0 Å². The fraction of sp³-hybridized carbons (Fsp3) is 1.00. The number of rotatable bonds is 0.